The van der Waals surface area contributed by atoms with Crippen LogP contribution in [0.25, 0.3) is 6.08 Å². The van der Waals surface area contributed by atoms with Crippen LogP contribution >= 0.6 is 11.6 Å². The number of rotatable bonds is 7. The average molecular weight is 408 g/mol. The van der Waals surface area contributed by atoms with Crippen LogP contribution in [-0.4, -0.2) is 22.4 Å². The predicted molar refractivity (Wildman–Crippen MR) is 120 cm³/mol. The van der Waals surface area contributed by atoms with E-state index in [2.05, 4.69) is 25.9 Å². The van der Waals surface area contributed by atoms with Gasteiger partial charge in [0.2, 0.25) is 5.91 Å². The molecular formula is C22H22ClN5O. The van der Waals surface area contributed by atoms with Crippen LogP contribution in [0.1, 0.15) is 18.3 Å². The number of aryl methyl sites for hydroxylation is 1. The van der Waals surface area contributed by atoms with Crippen LogP contribution in [0.3, 0.4) is 0 Å². The molecule has 0 aliphatic rings. The lowest BCUT2D eigenvalue weighted by Crippen LogP contribution is -2.07. The molecule has 0 saturated heterocycles. The molecule has 0 atom stereocenters. The molecule has 0 aliphatic carbocycles. The first kappa shape index (κ1) is 20.4. The molecule has 0 aliphatic heterocycles. The summed E-state index contributed by atoms with van der Waals surface area (Å²) in [6.07, 6.45) is 3.22. The maximum atomic E-state index is 12.1. The summed E-state index contributed by atoms with van der Waals surface area (Å²) >= 11 is 5.86. The van der Waals surface area contributed by atoms with Crippen molar-refractivity contribution in [2.45, 2.75) is 13.8 Å². The number of benzene rings is 2. The van der Waals surface area contributed by atoms with Crippen molar-refractivity contribution in [1.82, 2.24) is 9.97 Å². The van der Waals surface area contributed by atoms with E-state index in [1.54, 1.807) is 18.2 Å². The van der Waals surface area contributed by atoms with Crippen molar-refractivity contribution < 1.29 is 4.79 Å². The molecule has 1 heterocycles. The summed E-state index contributed by atoms with van der Waals surface area (Å²) in [6, 6.07) is 16.5. The molecule has 148 valence electrons. The van der Waals surface area contributed by atoms with Crippen molar-refractivity contribution >= 4 is 46.6 Å². The Morgan fingerprint density at radius 2 is 1.66 bits per heavy atom. The molecule has 0 bridgehead atoms. The zero-order chi connectivity index (χ0) is 20.6. The highest BCUT2D eigenvalue weighted by atomic mass is 35.5. The lowest BCUT2D eigenvalue weighted by Gasteiger charge is -2.10. The Kier molecular flexibility index (Phi) is 6.81. The minimum absolute atomic E-state index is 0.206. The second kappa shape index (κ2) is 9.71. The molecule has 0 spiro atoms. The molecule has 0 saturated carbocycles. The zero-order valence-electron chi connectivity index (χ0n) is 16.2. The molecule has 1 aromatic heterocycles. The Hall–Kier alpha value is -3.38. The number of carbonyl (C=O) groups is 1. The van der Waals surface area contributed by atoms with E-state index in [1.807, 2.05) is 56.3 Å². The van der Waals surface area contributed by atoms with E-state index >= 15 is 0 Å². The van der Waals surface area contributed by atoms with Crippen molar-refractivity contribution in [3.05, 3.63) is 77.1 Å². The van der Waals surface area contributed by atoms with E-state index in [9.17, 15) is 4.79 Å². The number of nitrogens with one attached hydrogen (secondary N) is 3. The Morgan fingerprint density at radius 1 is 1.00 bits per heavy atom. The van der Waals surface area contributed by atoms with Gasteiger partial charge in [-0.05, 0) is 61.9 Å². The molecule has 2 aromatic carbocycles. The van der Waals surface area contributed by atoms with Gasteiger partial charge in [0.15, 0.2) is 0 Å². The lowest BCUT2D eigenvalue weighted by atomic mass is 10.2. The third-order valence-electron chi connectivity index (χ3n) is 3.92. The summed E-state index contributed by atoms with van der Waals surface area (Å²) in [5.74, 6) is 1.96. The normalized spacial score (nSPS) is 10.7. The number of amides is 1. The van der Waals surface area contributed by atoms with E-state index in [0.717, 1.165) is 23.6 Å². The van der Waals surface area contributed by atoms with Gasteiger partial charge in [-0.1, -0.05) is 23.7 Å². The van der Waals surface area contributed by atoms with Gasteiger partial charge in [-0.2, -0.15) is 0 Å². The number of carbonyl (C=O) groups excluding carboxylic acids is 1. The van der Waals surface area contributed by atoms with Crippen LogP contribution in [0.2, 0.25) is 5.02 Å². The second-order valence-electron chi connectivity index (χ2n) is 6.29. The third kappa shape index (κ3) is 6.33. The van der Waals surface area contributed by atoms with Crippen molar-refractivity contribution in [2.75, 3.05) is 22.5 Å². The van der Waals surface area contributed by atoms with Gasteiger partial charge in [-0.25, -0.2) is 9.97 Å². The molecular weight excluding hydrogens is 386 g/mol. The van der Waals surface area contributed by atoms with E-state index in [1.165, 1.54) is 6.08 Å². The molecule has 3 N–H and O–H groups in total. The molecule has 0 fully saturated rings. The van der Waals surface area contributed by atoms with Gasteiger partial charge in [0.25, 0.3) is 0 Å². The summed E-state index contributed by atoms with van der Waals surface area (Å²) in [4.78, 5) is 20.8. The lowest BCUT2D eigenvalue weighted by molar-refractivity contribution is -0.111. The zero-order valence-corrected chi connectivity index (χ0v) is 17.0. The SMILES string of the molecule is CCNc1cc(Nc2ccc(NC(=O)/C=C/c3ccc(Cl)cc3)cc2)nc(C)n1. The number of halogens is 1. The van der Waals surface area contributed by atoms with E-state index in [0.29, 0.717) is 22.4 Å². The van der Waals surface area contributed by atoms with Crippen molar-refractivity contribution in [3.8, 4) is 0 Å². The van der Waals surface area contributed by atoms with Crippen LogP contribution in [0.5, 0.6) is 0 Å². The highest BCUT2D eigenvalue weighted by Gasteiger charge is 2.03. The highest BCUT2D eigenvalue weighted by molar-refractivity contribution is 6.30. The predicted octanol–water partition coefficient (Wildman–Crippen LogP) is 5.27. The smallest absolute Gasteiger partial charge is 0.248 e. The van der Waals surface area contributed by atoms with Gasteiger partial charge in [-0.3, -0.25) is 4.79 Å². The van der Waals surface area contributed by atoms with E-state index < -0.39 is 0 Å². The fourth-order valence-corrected chi connectivity index (χ4v) is 2.74. The number of hydrogen-bond donors (Lipinski definition) is 3. The summed E-state index contributed by atoms with van der Waals surface area (Å²) in [5.41, 5.74) is 2.47. The van der Waals surface area contributed by atoms with Crippen LogP contribution in [-0.2, 0) is 4.79 Å². The standard InChI is InChI=1S/C22H22ClN5O/c1-3-24-20-14-21(26-15(2)25-20)27-18-9-11-19(12-10-18)28-22(29)13-6-16-4-7-17(23)8-5-16/h4-14H,3H2,1-2H3,(H,28,29)(H2,24,25,26,27)/b13-6+. The van der Waals surface area contributed by atoms with Crippen molar-refractivity contribution in [2.24, 2.45) is 0 Å². The Balaban J connectivity index is 1.60. The first-order chi connectivity index (χ1) is 14.0. The van der Waals surface area contributed by atoms with Crippen LogP contribution in [0.15, 0.2) is 60.7 Å². The molecule has 3 rings (SSSR count). The summed E-state index contributed by atoms with van der Waals surface area (Å²) in [6.45, 7) is 4.65. The van der Waals surface area contributed by atoms with E-state index in [4.69, 9.17) is 11.6 Å². The number of anilines is 4. The maximum absolute atomic E-state index is 12.1. The molecule has 6 nitrogen and oxygen atoms in total. The van der Waals surface area contributed by atoms with Gasteiger partial charge in [0.05, 0.1) is 0 Å². The first-order valence-corrected chi connectivity index (χ1v) is 9.61. The Labute approximate surface area is 175 Å². The van der Waals surface area contributed by atoms with Crippen LogP contribution < -0.4 is 16.0 Å². The maximum Gasteiger partial charge on any atom is 0.248 e. The summed E-state index contributed by atoms with van der Waals surface area (Å²) < 4.78 is 0. The minimum atomic E-state index is -0.206. The van der Waals surface area contributed by atoms with Crippen LogP contribution in [0.4, 0.5) is 23.0 Å². The monoisotopic (exact) mass is 407 g/mol. The van der Waals surface area contributed by atoms with E-state index in [-0.39, 0.29) is 5.91 Å². The minimum Gasteiger partial charge on any atom is -0.370 e. The summed E-state index contributed by atoms with van der Waals surface area (Å²) in [5, 5.41) is 9.92. The molecule has 7 heteroatoms. The molecule has 1 amide bonds. The van der Waals surface area contributed by atoms with Gasteiger partial charge in [0.1, 0.15) is 17.5 Å². The number of nitrogens with zero attached hydrogens (tertiary/aromatic N) is 2. The second-order valence-corrected chi connectivity index (χ2v) is 6.73. The average Bonchev–Trinajstić information content (AvgIpc) is 2.69. The largest absolute Gasteiger partial charge is 0.370 e. The van der Waals surface area contributed by atoms with Gasteiger partial charge < -0.3 is 16.0 Å². The van der Waals surface area contributed by atoms with Crippen molar-refractivity contribution in [3.63, 3.8) is 0 Å². The Morgan fingerprint density at radius 3 is 2.34 bits per heavy atom. The fourth-order valence-electron chi connectivity index (χ4n) is 2.62. The molecule has 0 unspecified atom stereocenters. The molecule has 29 heavy (non-hydrogen) atoms. The fraction of sp³-hybridized carbons (Fsp3) is 0.136. The first-order valence-electron chi connectivity index (χ1n) is 9.23. The quantitative estimate of drug-likeness (QED) is 0.465. The highest BCUT2D eigenvalue weighted by Crippen LogP contribution is 2.20. The van der Waals surface area contributed by atoms with Gasteiger partial charge in [-0.15, -0.1) is 0 Å². The number of aromatic nitrogens is 2. The third-order valence-corrected chi connectivity index (χ3v) is 4.17. The molecule has 3 aromatic rings. The summed E-state index contributed by atoms with van der Waals surface area (Å²) in [7, 11) is 0. The molecule has 0 radical (unpaired) electrons. The van der Waals surface area contributed by atoms with Crippen molar-refractivity contribution in [1.29, 1.82) is 0 Å². The van der Waals surface area contributed by atoms with Gasteiger partial charge in [0, 0.05) is 35.1 Å². The van der Waals surface area contributed by atoms with Gasteiger partial charge >= 0.3 is 0 Å². The Bertz CT molecular complexity index is 1000. The topological polar surface area (TPSA) is 78.9 Å². The van der Waals surface area contributed by atoms with Crippen LogP contribution in [0, 0.1) is 6.92 Å². The number of hydrogen-bond acceptors (Lipinski definition) is 5.